The molecule has 0 heterocycles. The Bertz CT molecular complexity index is 99.0. The Hall–Kier alpha value is 0.430. The fourth-order valence-electron chi connectivity index (χ4n) is 1.34. The Labute approximate surface area is 74.4 Å². The third-order valence-corrected chi connectivity index (χ3v) is 3.89. The van der Waals surface area contributed by atoms with Gasteiger partial charge in [0.2, 0.25) is 0 Å². The second kappa shape index (κ2) is 5.14. The van der Waals surface area contributed by atoms with Gasteiger partial charge in [0, 0.05) is 0 Å². The normalized spacial score (nSPS) is 19.9. The molecule has 1 heteroatoms. The Morgan fingerprint density at radius 1 is 0.909 bits per heavy atom. The van der Waals surface area contributed by atoms with E-state index in [1.54, 1.807) is 0 Å². The van der Waals surface area contributed by atoms with Gasteiger partial charge < -0.3 is 0 Å². The van der Waals surface area contributed by atoms with Gasteiger partial charge in [-0.1, -0.05) is 34.6 Å². The number of rotatable bonds is 4. The molecule has 0 radical (unpaired) electrons. The first-order chi connectivity index (χ1) is 5.00. The van der Waals surface area contributed by atoms with Crippen LogP contribution in [-0.2, 0) is 0 Å². The molecule has 4 atom stereocenters. The summed E-state index contributed by atoms with van der Waals surface area (Å²) in [5, 5.41) is 0. The summed E-state index contributed by atoms with van der Waals surface area (Å²) < 4.78 is 0. The van der Waals surface area contributed by atoms with Crippen molar-refractivity contribution < 1.29 is 0 Å². The Morgan fingerprint density at radius 3 is 1.64 bits per heavy atom. The van der Waals surface area contributed by atoms with Gasteiger partial charge in [0.1, 0.15) is 0 Å². The maximum absolute atomic E-state index is 2.84. The van der Waals surface area contributed by atoms with E-state index in [4.69, 9.17) is 0 Å². The molecule has 0 spiro atoms. The van der Waals surface area contributed by atoms with E-state index >= 15 is 0 Å². The average molecular weight is 174 g/mol. The molecule has 0 rings (SSSR count). The van der Waals surface area contributed by atoms with Crippen molar-refractivity contribution in [2.45, 2.75) is 34.6 Å². The van der Waals surface area contributed by atoms with E-state index in [1.165, 1.54) is 6.16 Å². The lowest BCUT2D eigenvalue weighted by Gasteiger charge is -2.28. The molecular weight excluding hydrogens is 151 g/mol. The van der Waals surface area contributed by atoms with Crippen LogP contribution in [0.1, 0.15) is 34.6 Å². The highest BCUT2D eigenvalue weighted by molar-refractivity contribution is 7.16. The van der Waals surface area contributed by atoms with Crippen LogP contribution in [0.5, 0.6) is 0 Å². The maximum Gasteiger partial charge on any atom is -0.0353 e. The van der Waals surface area contributed by atoms with Crippen LogP contribution in [-0.4, -0.2) is 6.16 Å². The Balaban J connectivity index is 3.90. The summed E-state index contributed by atoms with van der Waals surface area (Å²) in [5.74, 6) is 3.37. The fraction of sp³-hybridized carbons (Fsp3) is 1.00. The van der Waals surface area contributed by atoms with Crippen molar-refractivity contribution in [2.24, 2.45) is 23.7 Å². The van der Waals surface area contributed by atoms with Crippen LogP contribution < -0.4 is 0 Å². The molecule has 0 bridgehead atoms. The van der Waals surface area contributed by atoms with Crippen LogP contribution in [0, 0.1) is 23.7 Å². The lowest BCUT2D eigenvalue weighted by molar-refractivity contribution is 0.238. The van der Waals surface area contributed by atoms with Gasteiger partial charge in [-0.3, -0.25) is 0 Å². The van der Waals surface area contributed by atoms with Gasteiger partial charge in [-0.2, -0.15) is 0 Å². The molecule has 0 aromatic rings. The van der Waals surface area contributed by atoms with Crippen molar-refractivity contribution in [3.05, 3.63) is 0 Å². The van der Waals surface area contributed by atoms with E-state index in [9.17, 15) is 0 Å². The minimum Gasteiger partial charge on any atom is -0.137 e. The highest BCUT2D eigenvalue weighted by atomic mass is 31.0. The first-order valence-electron chi connectivity index (χ1n) is 4.70. The predicted molar refractivity (Wildman–Crippen MR) is 56.9 cm³/mol. The van der Waals surface area contributed by atoms with Crippen LogP contribution in [0.3, 0.4) is 0 Å². The highest BCUT2D eigenvalue weighted by Crippen LogP contribution is 2.27. The lowest BCUT2D eigenvalue weighted by Crippen LogP contribution is -2.21. The topological polar surface area (TPSA) is 0 Å². The quantitative estimate of drug-likeness (QED) is 0.573. The lowest BCUT2D eigenvalue weighted by atomic mass is 9.80. The zero-order valence-corrected chi connectivity index (χ0v) is 9.75. The molecule has 0 aromatic heterocycles. The van der Waals surface area contributed by atoms with Crippen molar-refractivity contribution >= 4 is 9.24 Å². The molecule has 11 heavy (non-hydrogen) atoms. The van der Waals surface area contributed by atoms with E-state index < -0.39 is 0 Å². The number of hydrogen-bond donors (Lipinski definition) is 0. The molecule has 0 fully saturated rings. The average Bonchev–Trinajstić information content (AvgIpc) is 2.00. The Kier molecular flexibility index (Phi) is 5.34. The third-order valence-electron chi connectivity index (χ3n) is 3.15. The van der Waals surface area contributed by atoms with Crippen molar-refractivity contribution in [3.63, 3.8) is 0 Å². The van der Waals surface area contributed by atoms with Gasteiger partial charge in [0.25, 0.3) is 0 Å². The molecule has 0 aliphatic heterocycles. The van der Waals surface area contributed by atoms with Gasteiger partial charge in [0.05, 0.1) is 0 Å². The van der Waals surface area contributed by atoms with Gasteiger partial charge in [0.15, 0.2) is 0 Å². The standard InChI is InChI=1S/C10H23P/c1-7(2)9(4)10(5)8(3)6-11/h7-10H,6,11H2,1-5H3. The summed E-state index contributed by atoms with van der Waals surface area (Å²) in [4.78, 5) is 0. The van der Waals surface area contributed by atoms with Gasteiger partial charge in [-0.05, 0) is 29.8 Å². The first kappa shape index (κ1) is 11.4. The molecule has 0 N–H and O–H groups in total. The van der Waals surface area contributed by atoms with E-state index in [1.807, 2.05) is 0 Å². The summed E-state index contributed by atoms with van der Waals surface area (Å²) in [7, 11) is 2.84. The summed E-state index contributed by atoms with van der Waals surface area (Å²) in [6.07, 6.45) is 1.23. The predicted octanol–water partition coefficient (Wildman–Crippen LogP) is 3.43. The molecular formula is C10H23P. The molecule has 68 valence electrons. The van der Waals surface area contributed by atoms with E-state index in [2.05, 4.69) is 43.9 Å². The van der Waals surface area contributed by atoms with E-state index in [0.717, 1.165) is 23.7 Å². The summed E-state index contributed by atoms with van der Waals surface area (Å²) in [6, 6.07) is 0. The largest absolute Gasteiger partial charge is 0.137 e. The zero-order chi connectivity index (χ0) is 9.02. The zero-order valence-electron chi connectivity index (χ0n) is 8.59. The molecule has 0 aliphatic rings. The van der Waals surface area contributed by atoms with E-state index in [0.29, 0.717) is 0 Å². The van der Waals surface area contributed by atoms with Crippen LogP contribution in [0.15, 0.2) is 0 Å². The number of hydrogen-bond acceptors (Lipinski definition) is 0. The second-order valence-electron chi connectivity index (χ2n) is 4.18. The smallest absolute Gasteiger partial charge is 0.0353 e. The Morgan fingerprint density at radius 2 is 1.36 bits per heavy atom. The molecule has 0 saturated heterocycles. The van der Waals surface area contributed by atoms with Crippen molar-refractivity contribution in [2.75, 3.05) is 6.16 Å². The van der Waals surface area contributed by atoms with Crippen LogP contribution in [0.4, 0.5) is 0 Å². The molecule has 0 aromatic carbocycles. The molecule has 0 aliphatic carbocycles. The summed E-state index contributed by atoms with van der Waals surface area (Å²) in [5.41, 5.74) is 0. The van der Waals surface area contributed by atoms with Crippen LogP contribution in [0.2, 0.25) is 0 Å². The summed E-state index contributed by atoms with van der Waals surface area (Å²) >= 11 is 0. The SMILES string of the molecule is CC(C)C(C)C(C)C(C)CP. The van der Waals surface area contributed by atoms with Crippen molar-refractivity contribution in [1.29, 1.82) is 0 Å². The molecule has 0 nitrogen and oxygen atoms in total. The van der Waals surface area contributed by atoms with Crippen LogP contribution in [0.25, 0.3) is 0 Å². The minimum absolute atomic E-state index is 0.823. The molecule has 0 saturated carbocycles. The summed E-state index contributed by atoms with van der Waals surface area (Å²) in [6.45, 7) is 11.7. The van der Waals surface area contributed by atoms with E-state index in [-0.39, 0.29) is 0 Å². The molecule has 4 unspecified atom stereocenters. The second-order valence-corrected chi connectivity index (χ2v) is 4.65. The van der Waals surface area contributed by atoms with Crippen LogP contribution >= 0.6 is 9.24 Å². The molecule has 0 amide bonds. The van der Waals surface area contributed by atoms with Crippen molar-refractivity contribution in [1.82, 2.24) is 0 Å². The van der Waals surface area contributed by atoms with Gasteiger partial charge >= 0.3 is 0 Å². The fourth-order valence-corrected chi connectivity index (χ4v) is 1.77. The monoisotopic (exact) mass is 174 g/mol. The third kappa shape index (κ3) is 3.56. The van der Waals surface area contributed by atoms with Gasteiger partial charge in [-0.15, -0.1) is 9.24 Å². The maximum atomic E-state index is 2.84. The highest BCUT2D eigenvalue weighted by Gasteiger charge is 2.19. The van der Waals surface area contributed by atoms with Gasteiger partial charge in [-0.25, -0.2) is 0 Å². The van der Waals surface area contributed by atoms with Crippen molar-refractivity contribution in [3.8, 4) is 0 Å². The minimum atomic E-state index is 0.823. The first-order valence-corrected chi connectivity index (χ1v) is 5.52.